The number of phenolic OH excluding ortho intramolecular Hbond substituents is 1. The number of aromatic hydroxyl groups is 1. The van der Waals surface area contributed by atoms with Gasteiger partial charge in [-0.2, -0.15) is 0 Å². The first kappa shape index (κ1) is 20.0. The Morgan fingerprint density at radius 1 is 1.23 bits per heavy atom. The second-order valence-electron chi connectivity index (χ2n) is 6.89. The second kappa shape index (κ2) is 8.36. The van der Waals surface area contributed by atoms with Crippen LogP contribution < -0.4 is 5.63 Å². The molecule has 0 amide bonds. The number of rotatable bonds is 3. The molecule has 1 saturated carbocycles. The molecule has 0 radical (unpaired) electrons. The molecule has 1 aromatic carbocycles. The number of carboxylic acid groups (broad SMARTS) is 1. The first-order valence-corrected chi connectivity index (χ1v) is 8.95. The highest BCUT2D eigenvalue weighted by Gasteiger charge is 2.40. The van der Waals surface area contributed by atoms with E-state index in [1.165, 1.54) is 12.1 Å². The van der Waals surface area contributed by atoms with E-state index in [9.17, 15) is 14.7 Å². The average molecular weight is 362 g/mol. The zero-order chi connectivity index (χ0) is 19.3. The van der Waals surface area contributed by atoms with Gasteiger partial charge in [-0.3, -0.25) is 4.79 Å². The van der Waals surface area contributed by atoms with Crippen molar-refractivity contribution in [2.75, 3.05) is 0 Å². The van der Waals surface area contributed by atoms with Crippen LogP contribution in [0.5, 0.6) is 5.75 Å². The van der Waals surface area contributed by atoms with E-state index < -0.39 is 23.1 Å². The highest BCUT2D eigenvalue weighted by molar-refractivity contribution is 5.81. The Balaban J connectivity index is 0.000000187. The summed E-state index contributed by atoms with van der Waals surface area (Å²) < 4.78 is 4.91. The van der Waals surface area contributed by atoms with Crippen LogP contribution in [0.1, 0.15) is 51.0 Å². The van der Waals surface area contributed by atoms with E-state index in [4.69, 9.17) is 14.6 Å². The number of hydrogen-bond donors (Lipinski definition) is 3. The molecule has 3 rings (SSSR count). The third-order valence-electron chi connectivity index (χ3n) is 5.01. The largest absolute Gasteiger partial charge is 0.508 e. The number of phenols is 1. The van der Waals surface area contributed by atoms with Crippen LogP contribution in [0.3, 0.4) is 0 Å². The number of fused-ring (bicyclic) bond motifs is 1. The standard InChI is InChI=1S/C10H8O3.C10H18O3/c1-6-4-10(12)13-9-5-7(11)2-3-8(6)9;1-2-8(9(11)12)10(13)6-4-3-5-7-10/h2-5,11H,1H3;8,13H,2-7H2,1H3,(H,11,12). The summed E-state index contributed by atoms with van der Waals surface area (Å²) in [7, 11) is 0. The third-order valence-corrected chi connectivity index (χ3v) is 5.01. The second-order valence-corrected chi connectivity index (χ2v) is 6.89. The molecule has 142 valence electrons. The fraction of sp³-hybridized carbons (Fsp3) is 0.500. The van der Waals surface area contributed by atoms with E-state index in [0.717, 1.165) is 30.2 Å². The summed E-state index contributed by atoms with van der Waals surface area (Å²) in [4.78, 5) is 21.8. The Kier molecular flexibility index (Phi) is 6.42. The summed E-state index contributed by atoms with van der Waals surface area (Å²) >= 11 is 0. The monoisotopic (exact) mass is 362 g/mol. The summed E-state index contributed by atoms with van der Waals surface area (Å²) in [5.74, 6) is -1.33. The highest BCUT2D eigenvalue weighted by atomic mass is 16.4. The molecule has 1 fully saturated rings. The van der Waals surface area contributed by atoms with Gasteiger partial charge in [-0.25, -0.2) is 4.79 Å². The van der Waals surface area contributed by atoms with Gasteiger partial charge in [-0.15, -0.1) is 0 Å². The van der Waals surface area contributed by atoms with Crippen LogP contribution in [0.25, 0.3) is 11.0 Å². The molecule has 3 N–H and O–H groups in total. The van der Waals surface area contributed by atoms with Crippen LogP contribution in [-0.4, -0.2) is 26.9 Å². The van der Waals surface area contributed by atoms with Crippen LogP contribution >= 0.6 is 0 Å². The van der Waals surface area contributed by atoms with Gasteiger partial charge in [0.05, 0.1) is 11.5 Å². The number of aliphatic carboxylic acids is 1. The van der Waals surface area contributed by atoms with Crippen molar-refractivity contribution in [1.82, 2.24) is 0 Å². The molecule has 6 heteroatoms. The third kappa shape index (κ3) is 4.64. The summed E-state index contributed by atoms with van der Waals surface area (Å²) in [5, 5.41) is 29.0. The zero-order valence-electron chi connectivity index (χ0n) is 15.2. The Bertz CT molecular complexity index is 817. The van der Waals surface area contributed by atoms with Crippen molar-refractivity contribution in [2.24, 2.45) is 5.92 Å². The quantitative estimate of drug-likeness (QED) is 0.720. The molecular formula is C20H26O6. The van der Waals surface area contributed by atoms with Crippen molar-refractivity contribution >= 4 is 16.9 Å². The van der Waals surface area contributed by atoms with Gasteiger partial charge >= 0.3 is 11.6 Å². The molecule has 2 aromatic rings. The number of aryl methyl sites for hydroxylation is 1. The Morgan fingerprint density at radius 3 is 2.46 bits per heavy atom. The molecule has 1 unspecified atom stereocenters. The van der Waals surface area contributed by atoms with Gasteiger partial charge in [0, 0.05) is 17.5 Å². The molecule has 1 atom stereocenters. The minimum Gasteiger partial charge on any atom is -0.508 e. The minimum absolute atomic E-state index is 0.0984. The molecular weight excluding hydrogens is 336 g/mol. The normalized spacial score (nSPS) is 17.2. The molecule has 1 aliphatic rings. The average Bonchev–Trinajstić information content (AvgIpc) is 2.55. The lowest BCUT2D eigenvalue weighted by Gasteiger charge is -2.36. The fourth-order valence-corrected chi connectivity index (χ4v) is 3.61. The van der Waals surface area contributed by atoms with Gasteiger partial charge in [-0.05, 0) is 43.9 Å². The lowest BCUT2D eigenvalue weighted by Crippen LogP contribution is -2.43. The number of aliphatic hydroxyl groups is 1. The number of carbonyl (C=O) groups is 1. The van der Waals surface area contributed by atoms with Gasteiger partial charge in [0.25, 0.3) is 0 Å². The predicted molar refractivity (Wildman–Crippen MR) is 98.3 cm³/mol. The van der Waals surface area contributed by atoms with Gasteiger partial charge in [-0.1, -0.05) is 26.2 Å². The first-order chi connectivity index (χ1) is 12.3. The Labute approximate surface area is 152 Å². The van der Waals surface area contributed by atoms with Crippen molar-refractivity contribution < 1.29 is 24.5 Å². The lowest BCUT2D eigenvalue weighted by atomic mass is 9.74. The van der Waals surface area contributed by atoms with Crippen LogP contribution in [0.15, 0.2) is 33.5 Å². The van der Waals surface area contributed by atoms with Gasteiger partial charge in [0.1, 0.15) is 11.3 Å². The molecule has 1 heterocycles. The van der Waals surface area contributed by atoms with E-state index in [1.54, 1.807) is 12.1 Å². The van der Waals surface area contributed by atoms with E-state index in [1.807, 2.05) is 13.8 Å². The van der Waals surface area contributed by atoms with Crippen LogP contribution in [-0.2, 0) is 4.79 Å². The predicted octanol–water partition coefficient (Wildman–Crippen LogP) is 3.60. The Morgan fingerprint density at radius 2 is 1.88 bits per heavy atom. The number of benzene rings is 1. The maximum absolute atomic E-state index is 11.0. The van der Waals surface area contributed by atoms with Crippen molar-refractivity contribution in [3.05, 3.63) is 40.2 Å². The van der Waals surface area contributed by atoms with E-state index in [-0.39, 0.29) is 5.75 Å². The van der Waals surface area contributed by atoms with Gasteiger partial charge < -0.3 is 19.7 Å². The maximum Gasteiger partial charge on any atom is 0.336 e. The molecule has 1 aromatic heterocycles. The minimum atomic E-state index is -0.932. The summed E-state index contributed by atoms with van der Waals surface area (Å²) in [6.45, 7) is 3.65. The molecule has 26 heavy (non-hydrogen) atoms. The van der Waals surface area contributed by atoms with Gasteiger partial charge in [0.15, 0.2) is 0 Å². The summed E-state index contributed by atoms with van der Waals surface area (Å²) in [5.41, 5.74) is -0.0504. The van der Waals surface area contributed by atoms with Crippen molar-refractivity contribution in [1.29, 1.82) is 0 Å². The molecule has 0 bridgehead atoms. The molecule has 6 nitrogen and oxygen atoms in total. The molecule has 0 aliphatic heterocycles. The fourth-order valence-electron chi connectivity index (χ4n) is 3.61. The first-order valence-electron chi connectivity index (χ1n) is 8.95. The molecule has 1 aliphatic carbocycles. The zero-order valence-corrected chi connectivity index (χ0v) is 15.2. The topological polar surface area (TPSA) is 108 Å². The smallest absolute Gasteiger partial charge is 0.336 e. The van der Waals surface area contributed by atoms with Crippen LogP contribution in [0.4, 0.5) is 0 Å². The lowest BCUT2D eigenvalue weighted by molar-refractivity contribution is -0.155. The van der Waals surface area contributed by atoms with Gasteiger partial charge in [0.2, 0.25) is 0 Å². The van der Waals surface area contributed by atoms with Crippen LogP contribution in [0, 0.1) is 12.8 Å². The maximum atomic E-state index is 11.0. The van der Waals surface area contributed by atoms with Crippen molar-refractivity contribution in [2.45, 2.75) is 58.0 Å². The highest BCUT2D eigenvalue weighted by Crippen LogP contribution is 2.36. The van der Waals surface area contributed by atoms with E-state index in [0.29, 0.717) is 24.8 Å². The molecule has 0 spiro atoms. The number of carboxylic acids is 1. The SMILES string of the molecule is CCC(C(=O)O)C1(O)CCCCC1.Cc1cc(=O)oc2cc(O)ccc12. The Hall–Kier alpha value is -2.34. The summed E-state index contributed by atoms with van der Waals surface area (Å²) in [6, 6.07) is 6.15. The summed E-state index contributed by atoms with van der Waals surface area (Å²) in [6.07, 6.45) is 4.86. The van der Waals surface area contributed by atoms with E-state index >= 15 is 0 Å². The van der Waals surface area contributed by atoms with E-state index in [2.05, 4.69) is 0 Å². The number of hydrogen-bond acceptors (Lipinski definition) is 5. The molecule has 0 saturated heterocycles. The van der Waals surface area contributed by atoms with Crippen molar-refractivity contribution in [3.63, 3.8) is 0 Å². The van der Waals surface area contributed by atoms with Crippen molar-refractivity contribution in [3.8, 4) is 5.75 Å². The van der Waals surface area contributed by atoms with Crippen LogP contribution in [0.2, 0.25) is 0 Å².